The minimum Gasteiger partial charge on any atom is -0.353 e. The smallest absolute Gasteiger partial charge is 0.226 e. The lowest BCUT2D eigenvalue weighted by atomic mass is 10.0. The molecule has 1 aliphatic rings. The quantitative estimate of drug-likeness (QED) is 0.726. The molecule has 2 aromatic carbocycles. The lowest BCUT2D eigenvalue weighted by Crippen LogP contribution is -2.26. The first-order valence-corrected chi connectivity index (χ1v) is 8.59. The highest BCUT2D eigenvalue weighted by Gasteiger charge is 2.23. The fourth-order valence-electron chi connectivity index (χ4n) is 2.63. The average Bonchev–Trinajstić information content (AvgIpc) is 3.41. The molecular weight excluding hydrogens is 314 g/mol. The Morgan fingerprint density at radius 1 is 1.00 bits per heavy atom. The highest BCUT2D eigenvalue weighted by molar-refractivity contribution is 5.91. The largest absolute Gasteiger partial charge is 0.353 e. The summed E-state index contributed by atoms with van der Waals surface area (Å²) in [4.78, 5) is 23.9. The van der Waals surface area contributed by atoms with Crippen LogP contribution in [-0.2, 0) is 16.0 Å². The summed E-state index contributed by atoms with van der Waals surface area (Å²) in [6, 6.07) is 17.0. The lowest BCUT2D eigenvalue weighted by molar-refractivity contribution is -0.120. The van der Waals surface area contributed by atoms with E-state index in [2.05, 4.69) is 10.6 Å². The van der Waals surface area contributed by atoms with Gasteiger partial charge < -0.3 is 16.4 Å². The summed E-state index contributed by atoms with van der Waals surface area (Å²) in [7, 11) is 0. The van der Waals surface area contributed by atoms with Crippen molar-refractivity contribution in [2.45, 2.75) is 37.8 Å². The van der Waals surface area contributed by atoms with Crippen LogP contribution < -0.4 is 16.4 Å². The molecule has 0 heterocycles. The van der Waals surface area contributed by atoms with E-state index >= 15 is 0 Å². The van der Waals surface area contributed by atoms with Gasteiger partial charge in [0.05, 0.1) is 6.42 Å². The third-order valence-electron chi connectivity index (χ3n) is 4.18. The number of nitrogens with one attached hydrogen (secondary N) is 2. The highest BCUT2D eigenvalue weighted by atomic mass is 16.2. The summed E-state index contributed by atoms with van der Waals surface area (Å²) in [5.41, 5.74) is 8.64. The number of hydrogen-bond donors (Lipinski definition) is 3. The molecule has 0 spiro atoms. The molecule has 5 nitrogen and oxygen atoms in total. The summed E-state index contributed by atoms with van der Waals surface area (Å²) in [5, 5.41) is 5.81. The second kappa shape index (κ2) is 7.94. The zero-order valence-corrected chi connectivity index (χ0v) is 14.1. The first kappa shape index (κ1) is 17.2. The third kappa shape index (κ3) is 5.43. The van der Waals surface area contributed by atoms with Gasteiger partial charge >= 0.3 is 0 Å². The minimum absolute atomic E-state index is 0.0492. The van der Waals surface area contributed by atoms with Gasteiger partial charge in [0.25, 0.3) is 0 Å². The van der Waals surface area contributed by atoms with Crippen LogP contribution in [0.4, 0.5) is 5.69 Å². The maximum Gasteiger partial charge on any atom is 0.226 e. The Balaban J connectivity index is 1.48. The lowest BCUT2D eigenvalue weighted by Gasteiger charge is -2.12. The molecule has 1 aliphatic carbocycles. The molecule has 1 saturated carbocycles. The van der Waals surface area contributed by atoms with Crippen molar-refractivity contribution in [1.82, 2.24) is 5.32 Å². The Kier molecular flexibility index (Phi) is 5.46. The number of carbonyl (C=O) groups excluding carboxylic acids is 2. The van der Waals surface area contributed by atoms with Crippen molar-refractivity contribution >= 4 is 17.5 Å². The van der Waals surface area contributed by atoms with E-state index in [1.165, 1.54) is 0 Å². The number of benzene rings is 2. The van der Waals surface area contributed by atoms with Crippen molar-refractivity contribution in [3.05, 3.63) is 65.7 Å². The number of anilines is 1. The average molecular weight is 337 g/mol. The number of hydrogen-bond acceptors (Lipinski definition) is 3. The SMILES string of the molecule is NC(CC(=O)Nc1ccc(CC(=O)NC2CC2)cc1)c1ccccc1. The van der Waals surface area contributed by atoms with Gasteiger partial charge in [0.2, 0.25) is 11.8 Å². The van der Waals surface area contributed by atoms with Gasteiger partial charge in [-0.2, -0.15) is 0 Å². The van der Waals surface area contributed by atoms with Gasteiger partial charge in [0.15, 0.2) is 0 Å². The van der Waals surface area contributed by atoms with Crippen molar-refractivity contribution < 1.29 is 9.59 Å². The molecule has 130 valence electrons. The van der Waals surface area contributed by atoms with Gasteiger partial charge in [-0.05, 0) is 36.1 Å². The van der Waals surface area contributed by atoms with Crippen LogP contribution in [0.2, 0.25) is 0 Å². The Morgan fingerprint density at radius 3 is 2.32 bits per heavy atom. The van der Waals surface area contributed by atoms with E-state index in [1.807, 2.05) is 54.6 Å². The first-order valence-electron chi connectivity index (χ1n) is 8.59. The second-order valence-corrected chi connectivity index (χ2v) is 6.48. The van der Waals surface area contributed by atoms with Crippen LogP contribution in [0.1, 0.15) is 36.4 Å². The van der Waals surface area contributed by atoms with Crippen LogP contribution >= 0.6 is 0 Å². The molecule has 0 bridgehead atoms. The van der Waals surface area contributed by atoms with Crippen molar-refractivity contribution in [3.8, 4) is 0 Å². The Bertz CT molecular complexity index is 724. The van der Waals surface area contributed by atoms with Crippen LogP contribution in [-0.4, -0.2) is 17.9 Å². The van der Waals surface area contributed by atoms with Gasteiger partial charge in [-0.1, -0.05) is 42.5 Å². The highest BCUT2D eigenvalue weighted by Crippen LogP contribution is 2.19. The van der Waals surface area contributed by atoms with E-state index in [0.29, 0.717) is 18.2 Å². The standard InChI is InChI=1S/C20H23N3O2/c21-18(15-4-2-1-3-5-15)13-20(25)23-16-8-6-14(7-9-16)12-19(24)22-17-10-11-17/h1-9,17-18H,10-13,21H2,(H,22,24)(H,23,25). The van der Waals surface area contributed by atoms with Gasteiger partial charge in [0, 0.05) is 24.2 Å². The number of nitrogens with two attached hydrogens (primary N) is 1. The molecule has 2 amide bonds. The second-order valence-electron chi connectivity index (χ2n) is 6.48. The van der Waals surface area contributed by atoms with Crippen LogP contribution in [0.25, 0.3) is 0 Å². The fourth-order valence-corrected chi connectivity index (χ4v) is 2.63. The van der Waals surface area contributed by atoms with Crippen molar-refractivity contribution in [2.75, 3.05) is 5.32 Å². The van der Waals surface area contributed by atoms with Gasteiger partial charge in [0.1, 0.15) is 0 Å². The first-order chi connectivity index (χ1) is 12.1. The van der Waals surface area contributed by atoms with Gasteiger partial charge in [-0.3, -0.25) is 9.59 Å². The molecule has 2 aromatic rings. The van der Waals surface area contributed by atoms with Crippen molar-refractivity contribution in [3.63, 3.8) is 0 Å². The zero-order valence-electron chi connectivity index (χ0n) is 14.1. The van der Waals surface area contributed by atoms with E-state index in [9.17, 15) is 9.59 Å². The number of rotatable bonds is 7. The molecular formula is C20H23N3O2. The molecule has 4 N–H and O–H groups in total. The molecule has 25 heavy (non-hydrogen) atoms. The number of carbonyl (C=O) groups is 2. The van der Waals surface area contributed by atoms with Crippen molar-refractivity contribution in [2.24, 2.45) is 5.73 Å². The summed E-state index contributed by atoms with van der Waals surface area (Å²) in [5.74, 6) is -0.0799. The molecule has 3 rings (SSSR count). The Morgan fingerprint density at radius 2 is 1.68 bits per heavy atom. The van der Waals surface area contributed by atoms with Gasteiger partial charge in [-0.15, -0.1) is 0 Å². The van der Waals surface area contributed by atoms with Crippen LogP contribution in [0.3, 0.4) is 0 Å². The topological polar surface area (TPSA) is 84.2 Å². The van der Waals surface area contributed by atoms with E-state index in [0.717, 1.165) is 24.0 Å². The third-order valence-corrected chi connectivity index (χ3v) is 4.18. The maximum absolute atomic E-state index is 12.1. The fraction of sp³-hybridized carbons (Fsp3) is 0.300. The Labute approximate surface area is 147 Å². The zero-order chi connectivity index (χ0) is 17.6. The summed E-state index contributed by atoms with van der Waals surface area (Å²) >= 11 is 0. The van der Waals surface area contributed by atoms with Crippen molar-refractivity contribution in [1.29, 1.82) is 0 Å². The molecule has 0 saturated heterocycles. The molecule has 0 aliphatic heterocycles. The monoisotopic (exact) mass is 337 g/mol. The normalized spacial score (nSPS) is 14.6. The molecule has 0 radical (unpaired) electrons. The van der Waals surface area contributed by atoms with E-state index in [1.54, 1.807) is 0 Å². The van der Waals surface area contributed by atoms with Crippen LogP contribution in [0, 0.1) is 0 Å². The van der Waals surface area contributed by atoms with E-state index in [-0.39, 0.29) is 24.3 Å². The van der Waals surface area contributed by atoms with Crippen LogP contribution in [0.15, 0.2) is 54.6 Å². The summed E-state index contributed by atoms with van der Waals surface area (Å²) < 4.78 is 0. The molecule has 0 aromatic heterocycles. The number of amides is 2. The molecule has 1 fully saturated rings. The summed E-state index contributed by atoms with van der Waals surface area (Å²) in [6.45, 7) is 0. The molecule has 1 unspecified atom stereocenters. The minimum atomic E-state index is -0.327. The predicted molar refractivity (Wildman–Crippen MR) is 97.9 cm³/mol. The van der Waals surface area contributed by atoms with E-state index in [4.69, 9.17) is 5.73 Å². The van der Waals surface area contributed by atoms with E-state index < -0.39 is 0 Å². The predicted octanol–water partition coefficient (Wildman–Crippen LogP) is 2.54. The molecule has 5 heteroatoms. The molecule has 1 atom stereocenters. The summed E-state index contributed by atoms with van der Waals surface area (Å²) in [6.07, 6.45) is 2.75. The van der Waals surface area contributed by atoms with Crippen LogP contribution in [0.5, 0.6) is 0 Å². The Hall–Kier alpha value is -2.66. The van der Waals surface area contributed by atoms with Gasteiger partial charge in [-0.25, -0.2) is 0 Å². The maximum atomic E-state index is 12.1.